The topological polar surface area (TPSA) is 34.1 Å². The van der Waals surface area contributed by atoms with Crippen molar-refractivity contribution in [3.63, 3.8) is 0 Å². The van der Waals surface area contributed by atoms with Crippen LogP contribution in [0.4, 0.5) is 0 Å². The molecule has 3 heteroatoms. The third kappa shape index (κ3) is 6.47. The molecule has 0 aliphatic carbocycles. The fourth-order valence-electron chi connectivity index (χ4n) is 1.01. The van der Waals surface area contributed by atoms with Crippen LogP contribution in [0, 0.1) is 0 Å². The predicted octanol–water partition coefficient (Wildman–Crippen LogP) is 2.29. The molecule has 2 aromatic rings. The SMILES string of the molecule is O=[C-]c1ccccc1.O=[C-]c1ccccc1.[Cr+2]. The van der Waals surface area contributed by atoms with Gasteiger partial charge in [-0.15, -0.1) is 24.3 Å². The quantitative estimate of drug-likeness (QED) is 0.778. The van der Waals surface area contributed by atoms with Crippen molar-refractivity contribution in [1.82, 2.24) is 0 Å². The van der Waals surface area contributed by atoms with Crippen molar-refractivity contribution in [1.29, 1.82) is 0 Å². The van der Waals surface area contributed by atoms with Crippen molar-refractivity contribution in [2.75, 3.05) is 0 Å². The first-order valence-corrected chi connectivity index (χ1v) is 4.73. The van der Waals surface area contributed by atoms with Gasteiger partial charge in [-0.1, -0.05) is 12.1 Å². The van der Waals surface area contributed by atoms with Gasteiger partial charge in [0.2, 0.25) is 0 Å². The van der Waals surface area contributed by atoms with Crippen LogP contribution in [0.3, 0.4) is 0 Å². The number of rotatable bonds is 2. The van der Waals surface area contributed by atoms with Crippen LogP contribution in [-0.4, -0.2) is 12.6 Å². The predicted molar refractivity (Wildman–Crippen MR) is 62.5 cm³/mol. The van der Waals surface area contributed by atoms with E-state index in [9.17, 15) is 9.59 Å². The fraction of sp³-hybridized carbons (Fsp3) is 0. The van der Waals surface area contributed by atoms with Gasteiger partial charge in [-0.25, -0.2) is 0 Å². The second-order valence-electron chi connectivity index (χ2n) is 2.94. The summed E-state index contributed by atoms with van der Waals surface area (Å²) in [6, 6.07) is 17.8. The van der Waals surface area contributed by atoms with Crippen LogP contribution < -0.4 is 0 Å². The molecule has 0 heterocycles. The molecule has 0 amide bonds. The molecule has 84 valence electrons. The summed E-state index contributed by atoms with van der Waals surface area (Å²) in [6.45, 7) is 0. The van der Waals surface area contributed by atoms with Crippen LogP contribution in [0.15, 0.2) is 60.7 Å². The average molecular weight is 262 g/mol. The third-order valence-corrected chi connectivity index (χ3v) is 1.78. The molecule has 0 radical (unpaired) electrons. The summed E-state index contributed by atoms with van der Waals surface area (Å²) >= 11 is 0. The first kappa shape index (κ1) is 15.3. The fourth-order valence-corrected chi connectivity index (χ4v) is 1.01. The first-order chi connectivity index (χ1) is 7.86. The van der Waals surface area contributed by atoms with E-state index in [-0.39, 0.29) is 17.4 Å². The Hall–Kier alpha value is -1.69. The van der Waals surface area contributed by atoms with Crippen LogP contribution >= 0.6 is 0 Å². The van der Waals surface area contributed by atoms with Crippen molar-refractivity contribution in [2.45, 2.75) is 0 Å². The van der Waals surface area contributed by atoms with Crippen LogP contribution in [0.1, 0.15) is 11.1 Å². The molecule has 0 unspecified atom stereocenters. The van der Waals surface area contributed by atoms with E-state index >= 15 is 0 Å². The Kier molecular flexibility index (Phi) is 8.59. The van der Waals surface area contributed by atoms with Gasteiger partial charge in [0.1, 0.15) is 0 Å². The Morgan fingerprint density at radius 2 is 0.882 bits per heavy atom. The smallest absolute Gasteiger partial charge is 0.376 e. The van der Waals surface area contributed by atoms with Crippen molar-refractivity contribution in [3.8, 4) is 0 Å². The molecule has 0 aliphatic rings. The van der Waals surface area contributed by atoms with Gasteiger partial charge < -0.3 is 9.59 Å². The molecule has 2 rings (SSSR count). The summed E-state index contributed by atoms with van der Waals surface area (Å²) in [7, 11) is 0. The molecule has 0 aliphatic heterocycles. The van der Waals surface area contributed by atoms with E-state index in [0.717, 1.165) is 0 Å². The second-order valence-corrected chi connectivity index (χ2v) is 2.94. The van der Waals surface area contributed by atoms with Gasteiger partial charge in [0.15, 0.2) is 0 Å². The molecule has 0 saturated heterocycles. The molecule has 0 spiro atoms. The van der Waals surface area contributed by atoms with Gasteiger partial charge in [-0.05, 0) is 0 Å². The van der Waals surface area contributed by atoms with Crippen LogP contribution in [-0.2, 0) is 27.0 Å². The zero-order valence-corrected chi connectivity index (χ0v) is 10.3. The summed E-state index contributed by atoms with van der Waals surface area (Å²) < 4.78 is 0. The maximum atomic E-state index is 9.88. The number of hydrogen-bond donors (Lipinski definition) is 0. The third-order valence-electron chi connectivity index (χ3n) is 1.78. The van der Waals surface area contributed by atoms with Crippen molar-refractivity contribution < 1.29 is 27.0 Å². The first-order valence-electron chi connectivity index (χ1n) is 4.73. The minimum Gasteiger partial charge on any atom is -0.376 e. The summed E-state index contributed by atoms with van der Waals surface area (Å²) in [4.78, 5) is 19.8. The van der Waals surface area contributed by atoms with E-state index in [2.05, 4.69) is 0 Å². The molecular weight excluding hydrogens is 252 g/mol. The van der Waals surface area contributed by atoms with Crippen molar-refractivity contribution in [2.24, 2.45) is 0 Å². The molecule has 2 aromatic carbocycles. The maximum Gasteiger partial charge on any atom is 2.00 e. The maximum absolute atomic E-state index is 9.88. The Morgan fingerprint density at radius 3 is 1.06 bits per heavy atom. The van der Waals surface area contributed by atoms with Gasteiger partial charge >= 0.3 is 17.4 Å². The number of hydrogen-bond acceptors (Lipinski definition) is 2. The minimum atomic E-state index is 0. The van der Waals surface area contributed by atoms with E-state index in [0.29, 0.717) is 11.1 Å². The summed E-state index contributed by atoms with van der Waals surface area (Å²) in [6.07, 6.45) is 3.55. The summed E-state index contributed by atoms with van der Waals surface area (Å²) in [5.41, 5.74) is 1.21. The normalized spacial score (nSPS) is 8.00. The van der Waals surface area contributed by atoms with E-state index in [4.69, 9.17) is 0 Å². The molecule has 0 saturated carbocycles. The molecule has 2 nitrogen and oxygen atoms in total. The average Bonchev–Trinajstić information content (AvgIpc) is 2.41. The van der Waals surface area contributed by atoms with Crippen molar-refractivity contribution in [3.05, 3.63) is 71.8 Å². The Labute approximate surface area is 111 Å². The zero-order chi connectivity index (χ0) is 11.6. The largest absolute Gasteiger partial charge is 2.00 e. The molecule has 0 N–H and O–H groups in total. The Bertz CT molecular complexity index is 383. The molecule has 0 bridgehead atoms. The summed E-state index contributed by atoms with van der Waals surface area (Å²) in [5, 5.41) is 0. The number of carbonyl (C=O) groups excluding carboxylic acids is 2. The van der Waals surface area contributed by atoms with Crippen LogP contribution in [0.5, 0.6) is 0 Å². The van der Waals surface area contributed by atoms with Gasteiger partial charge in [0.05, 0.1) is 12.6 Å². The Balaban J connectivity index is 0.000000284. The van der Waals surface area contributed by atoms with E-state index in [1.54, 1.807) is 61.1 Å². The molecule has 17 heavy (non-hydrogen) atoms. The summed E-state index contributed by atoms with van der Waals surface area (Å²) in [5.74, 6) is 0. The number of benzene rings is 2. The monoisotopic (exact) mass is 262 g/mol. The van der Waals surface area contributed by atoms with Gasteiger partial charge in [-0.2, -0.15) is 35.4 Å². The van der Waals surface area contributed by atoms with E-state index in [1.165, 1.54) is 0 Å². The second kappa shape index (κ2) is 9.53. The Morgan fingerprint density at radius 1 is 0.588 bits per heavy atom. The molecule has 0 aromatic heterocycles. The van der Waals surface area contributed by atoms with Gasteiger partial charge in [0.25, 0.3) is 0 Å². The zero-order valence-electron chi connectivity index (χ0n) is 9.00. The van der Waals surface area contributed by atoms with Gasteiger partial charge in [0, 0.05) is 0 Å². The molecule has 0 fully saturated rings. The van der Waals surface area contributed by atoms with Gasteiger partial charge in [-0.3, -0.25) is 0 Å². The molecular formula is C14H10CrO2. The molecule has 0 atom stereocenters. The minimum absolute atomic E-state index is 0. The van der Waals surface area contributed by atoms with Crippen LogP contribution in [0.2, 0.25) is 0 Å². The van der Waals surface area contributed by atoms with Crippen LogP contribution in [0.25, 0.3) is 0 Å². The standard InChI is InChI=1S/2C7H5O.Cr/c2*8-6-7-4-2-1-3-5-7;/h2*1-5H;/q2*-1;+2. The van der Waals surface area contributed by atoms with E-state index in [1.807, 2.05) is 12.1 Å². The van der Waals surface area contributed by atoms with Crippen molar-refractivity contribution >= 4 is 12.6 Å². The van der Waals surface area contributed by atoms with E-state index < -0.39 is 0 Å².